The Hall–Kier alpha value is -1.72. The van der Waals surface area contributed by atoms with E-state index in [1.807, 2.05) is 0 Å². The molecule has 30 heavy (non-hydrogen) atoms. The Bertz CT molecular complexity index is 502. The van der Waals surface area contributed by atoms with Crippen LogP contribution in [0.2, 0.25) is 0 Å². The number of amides is 2. The Balaban J connectivity index is 1.48. The number of hydrogen-bond donors (Lipinski definition) is 2. The summed E-state index contributed by atoms with van der Waals surface area (Å²) in [5, 5.41) is 8.69. The van der Waals surface area contributed by atoms with Crippen LogP contribution in [-0.4, -0.2) is 23.2 Å². The van der Waals surface area contributed by atoms with Crippen molar-refractivity contribution in [2.24, 2.45) is 10.2 Å². The first-order chi connectivity index (χ1) is 14.7. The summed E-state index contributed by atoms with van der Waals surface area (Å²) in [4.78, 5) is 23.9. The van der Waals surface area contributed by atoms with Crippen LogP contribution in [-0.2, 0) is 9.59 Å². The third-order valence-electron chi connectivity index (χ3n) is 6.10. The normalized spacial score (nSPS) is 18.4. The van der Waals surface area contributed by atoms with Gasteiger partial charge in [-0.25, -0.2) is 10.9 Å². The maximum absolute atomic E-state index is 12.0. The minimum atomic E-state index is 0.0114. The van der Waals surface area contributed by atoms with Crippen molar-refractivity contribution in [3.05, 3.63) is 0 Å². The number of hydrazone groups is 2. The molecule has 0 heterocycles. The SMILES string of the molecule is O=C(CCCCCCC(=O)NN=C1CCCCCCC1)NN=C1CCCCCCC1. The highest BCUT2D eigenvalue weighted by atomic mass is 16.2. The van der Waals surface area contributed by atoms with Crippen molar-refractivity contribution in [2.45, 2.75) is 128 Å². The van der Waals surface area contributed by atoms with Crippen molar-refractivity contribution in [1.29, 1.82) is 0 Å². The molecule has 0 bridgehead atoms. The van der Waals surface area contributed by atoms with Crippen molar-refractivity contribution in [3.8, 4) is 0 Å². The van der Waals surface area contributed by atoms with E-state index in [2.05, 4.69) is 21.1 Å². The van der Waals surface area contributed by atoms with Gasteiger partial charge in [0.05, 0.1) is 0 Å². The van der Waals surface area contributed by atoms with Gasteiger partial charge >= 0.3 is 0 Å². The van der Waals surface area contributed by atoms with Gasteiger partial charge in [-0.15, -0.1) is 0 Å². The Morgan fingerprint density at radius 3 is 1.23 bits per heavy atom. The van der Waals surface area contributed by atoms with Crippen LogP contribution in [0.3, 0.4) is 0 Å². The lowest BCUT2D eigenvalue weighted by Crippen LogP contribution is -2.20. The zero-order valence-corrected chi connectivity index (χ0v) is 18.9. The van der Waals surface area contributed by atoms with Crippen LogP contribution in [0, 0.1) is 0 Å². The fraction of sp³-hybridized carbons (Fsp3) is 0.833. The van der Waals surface area contributed by atoms with E-state index in [0.29, 0.717) is 12.8 Å². The van der Waals surface area contributed by atoms with E-state index in [9.17, 15) is 9.59 Å². The second-order valence-corrected chi connectivity index (χ2v) is 8.88. The summed E-state index contributed by atoms with van der Waals surface area (Å²) in [5.74, 6) is 0.0228. The molecule has 0 aliphatic heterocycles. The van der Waals surface area contributed by atoms with Crippen molar-refractivity contribution in [1.82, 2.24) is 10.9 Å². The van der Waals surface area contributed by atoms with Crippen molar-refractivity contribution >= 4 is 23.2 Å². The standard InChI is InChI=1S/C24H42N4O2/c29-23(27-25-21-15-9-3-1-4-10-16-21)19-13-7-8-14-20-24(30)28-26-22-17-11-5-2-6-12-18-22/h1-20H2,(H,27,29)(H,28,30). The van der Waals surface area contributed by atoms with Gasteiger partial charge in [-0.3, -0.25) is 9.59 Å². The Morgan fingerprint density at radius 2 is 0.867 bits per heavy atom. The van der Waals surface area contributed by atoms with Crippen LogP contribution in [0.5, 0.6) is 0 Å². The van der Waals surface area contributed by atoms with E-state index in [1.54, 1.807) is 0 Å². The highest BCUT2D eigenvalue weighted by molar-refractivity contribution is 5.87. The van der Waals surface area contributed by atoms with E-state index in [-0.39, 0.29) is 11.8 Å². The zero-order valence-electron chi connectivity index (χ0n) is 18.9. The fourth-order valence-corrected chi connectivity index (χ4v) is 4.17. The van der Waals surface area contributed by atoms with Gasteiger partial charge in [-0.2, -0.15) is 10.2 Å². The van der Waals surface area contributed by atoms with Gasteiger partial charge < -0.3 is 0 Å². The zero-order chi connectivity index (χ0) is 21.3. The molecular formula is C24H42N4O2. The molecule has 6 heteroatoms. The maximum Gasteiger partial charge on any atom is 0.240 e. The van der Waals surface area contributed by atoms with Gasteiger partial charge in [0.1, 0.15) is 0 Å². The van der Waals surface area contributed by atoms with Gasteiger partial charge in [0, 0.05) is 24.3 Å². The average molecular weight is 419 g/mol. The van der Waals surface area contributed by atoms with Crippen LogP contribution in [0.25, 0.3) is 0 Å². The van der Waals surface area contributed by atoms with Crippen molar-refractivity contribution in [3.63, 3.8) is 0 Å². The van der Waals surface area contributed by atoms with E-state index in [4.69, 9.17) is 0 Å². The van der Waals surface area contributed by atoms with Crippen molar-refractivity contribution < 1.29 is 9.59 Å². The molecule has 0 aromatic rings. The summed E-state index contributed by atoms with van der Waals surface area (Å²) >= 11 is 0. The van der Waals surface area contributed by atoms with Gasteiger partial charge in [-0.1, -0.05) is 51.4 Å². The van der Waals surface area contributed by atoms with Gasteiger partial charge in [0.25, 0.3) is 0 Å². The molecule has 2 amide bonds. The quantitative estimate of drug-likeness (QED) is 0.368. The predicted molar refractivity (Wildman–Crippen MR) is 123 cm³/mol. The first kappa shape index (κ1) is 24.5. The lowest BCUT2D eigenvalue weighted by Gasteiger charge is -2.11. The fourth-order valence-electron chi connectivity index (χ4n) is 4.17. The molecule has 0 aromatic carbocycles. The monoisotopic (exact) mass is 418 g/mol. The Labute approximate surface area is 182 Å². The largest absolute Gasteiger partial charge is 0.273 e. The second-order valence-electron chi connectivity index (χ2n) is 8.88. The molecule has 0 unspecified atom stereocenters. The lowest BCUT2D eigenvalue weighted by atomic mass is 9.99. The minimum absolute atomic E-state index is 0.0114. The molecule has 0 aromatic heterocycles. The second kappa shape index (κ2) is 16.0. The highest BCUT2D eigenvalue weighted by Gasteiger charge is 2.08. The number of carbonyl (C=O) groups excluding carboxylic acids is 2. The third kappa shape index (κ3) is 12.1. The van der Waals surface area contributed by atoms with Crippen LogP contribution in [0.1, 0.15) is 128 Å². The third-order valence-corrected chi connectivity index (χ3v) is 6.10. The lowest BCUT2D eigenvalue weighted by molar-refractivity contribution is -0.122. The summed E-state index contributed by atoms with van der Waals surface area (Å²) in [6.45, 7) is 0. The first-order valence-electron chi connectivity index (χ1n) is 12.4. The molecule has 6 nitrogen and oxygen atoms in total. The van der Waals surface area contributed by atoms with E-state index in [1.165, 1.54) is 64.2 Å². The summed E-state index contributed by atoms with van der Waals surface area (Å²) in [6.07, 6.45) is 21.3. The van der Waals surface area contributed by atoms with Crippen molar-refractivity contribution in [2.75, 3.05) is 0 Å². The van der Waals surface area contributed by atoms with Gasteiger partial charge in [0.2, 0.25) is 11.8 Å². The Morgan fingerprint density at radius 1 is 0.533 bits per heavy atom. The highest BCUT2D eigenvalue weighted by Crippen LogP contribution is 2.15. The molecule has 2 aliphatic rings. The number of hydrogen-bond acceptors (Lipinski definition) is 4. The molecule has 2 rings (SSSR count). The summed E-state index contributed by atoms with van der Waals surface area (Å²) in [7, 11) is 0. The number of carbonyl (C=O) groups is 2. The predicted octanol–water partition coefficient (Wildman–Crippen LogP) is 5.76. The molecule has 0 saturated heterocycles. The molecule has 0 atom stereocenters. The van der Waals surface area contributed by atoms with Gasteiger partial charge in [-0.05, 0) is 64.2 Å². The molecule has 2 fully saturated rings. The minimum Gasteiger partial charge on any atom is -0.273 e. The van der Waals surface area contributed by atoms with Crippen LogP contribution in [0.15, 0.2) is 10.2 Å². The molecule has 170 valence electrons. The summed E-state index contributed by atoms with van der Waals surface area (Å²) < 4.78 is 0. The molecular weight excluding hydrogens is 376 g/mol. The van der Waals surface area contributed by atoms with E-state index in [0.717, 1.165) is 62.8 Å². The molecule has 2 N–H and O–H groups in total. The summed E-state index contributed by atoms with van der Waals surface area (Å²) in [5.41, 5.74) is 7.77. The summed E-state index contributed by atoms with van der Waals surface area (Å²) in [6, 6.07) is 0. The Kier molecular flexibility index (Phi) is 13.1. The molecule has 0 radical (unpaired) electrons. The molecule has 0 spiro atoms. The van der Waals surface area contributed by atoms with Gasteiger partial charge in [0.15, 0.2) is 0 Å². The van der Waals surface area contributed by atoms with Crippen LogP contribution in [0.4, 0.5) is 0 Å². The number of nitrogens with zero attached hydrogens (tertiary/aromatic N) is 2. The smallest absolute Gasteiger partial charge is 0.240 e. The maximum atomic E-state index is 12.0. The molecule has 2 aliphatic carbocycles. The number of nitrogens with one attached hydrogen (secondary N) is 2. The van der Waals surface area contributed by atoms with E-state index >= 15 is 0 Å². The van der Waals surface area contributed by atoms with Crippen LogP contribution < -0.4 is 10.9 Å². The number of rotatable bonds is 9. The van der Waals surface area contributed by atoms with E-state index < -0.39 is 0 Å². The number of unbranched alkanes of at least 4 members (excludes halogenated alkanes) is 3. The molecule has 2 saturated carbocycles. The first-order valence-corrected chi connectivity index (χ1v) is 12.4. The average Bonchev–Trinajstić information content (AvgIpc) is 2.69. The topological polar surface area (TPSA) is 82.9 Å². The van der Waals surface area contributed by atoms with Crippen LogP contribution >= 0.6 is 0 Å².